The summed E-state index contributed by atoms with van der Waals surface area (Å²) in [7, 11) is 0. The molecule has 3 heteroatoms. The Morgan fingerprint density at radius 3 is 2.37 bits per heavy atom. The van der Waals surface area contributed by atoms with Gasteiger partial charge in [0.25, 0.3) is 0 Å². The molecule has 0 aliphatic carbocycles. The highest BCUT2D eigenvalue weighted by Crippen LogP contribution is 2.38. The largest absolute Gasteiger partial charge is 0.456 e. The van der Waals surface area contributed by atoms with Gasteiger partial charge in [-0.05, 0) is 36.4 Å². The number of nitrogens with one attached hydrogen (secondary N) is 1. The zero-order valence-electron chi connectivity index (χ0n) is 14.4. The van der Waals surface area contributed by atoms with Gasteiger partial charge in [-0.25, -0.2) is 0 Å². The van der Waals surface area contributed by atoms with E-state index in [1.807, 2.05) is 35.6 Å². The molecule has 0 aliphatic rings. The number of fused-ring (bicyclic) bond motifs is 6. The van der Waals surface area contributed by atoms with E-state index in [-0.39, 0.29) is 0 Å². The van der Waals surface area contributed by atoms with E-state index in [1.165, 1.54) is 20.2 Å². The minimum atomic E-state index is 0.907. The van der Waals surface area contributed by atoms with Gasteiger partial charge < -0.3 is 9.73 Å². The molecule has 0 fully saturated rings. The quantitative estimate of drug-likeness (QED) is 0.340. The molecule has 2 heterocycles. The number of para-hydroxylation sites is 1. The zero-order valence-corrected chi connectivity index (χ0v) is 15.2. The molecule has 6 rings (SSSR count). The van der Waals surface area contributed by atoms with Crippen molar-refractivity contribution in [1.82, 2.24) is 0 Å². The molecule has 0 amide bonds. The first-order chi connectivity index (χ1) is 13.4. The van der Waals surface area contributed by atoms with Gasteiger partial charge in [0.1, 0.15) is 11.2 Å². The topological polar surface area (TPSA) is 25.2 Å². The maximum absolute atomic E-state index is 6.00. The molecule has 0 saturated carbocycles. The summed E-state index contributed by atoms with van der Waals surface area (Å²) >= 11 is 1.84. The van der Waals surface area contributed by atoms with Crippen LogP contribution in [0.25, 0.3) is 42.1 Å². The number of hydrogen-bond acceptors (Lipinski definition) is 3. The summed E-state index contributed by atoms with van der Waals surface area (Å²) in [5.74, 6) is 0. The summed E-state index contributed by atoms with van der Waals surface area (Å²) < 4.78 is 8.63. The van der Waals surface area contributed by atoms with Crippen molar-refractivity contribution in [3.63, 3.8) is 0 Å². The first-order valence-electron chi connectivity index (χ1n) is 8.95. The fourth-order valence-corrected chi connectivity index (χ4v) is 4.98. The maximum atomic E-state index is 6.00. The smallest absolute Gasteiger partial charge is 0.137 e. The summed E-state index contributed by atoms with van der Waals surface area (Å²) in [6.45, 7) is 0. The molecule has 0 saturated heterocycles. The minimum Gasteiger partial charge on any atom is -0.456 e. The molecule has 0 unspecified atom stereocenters. The number of furan rings is 1. The lowest BCUT2D eigenvalue weighted by molar-refractivity contribution is 0.669. The van der Waals surface area contributed by atoms with Crippen molar-refractivity contribution in [1.29, 1.82) is 0 Å². The molecule has 0 spiro atoms. The Labute approximate surface area is 159 Å². The highest BCUT2D eigenvalue weighted by molar-refractivity contribution is 7.25. The van der Waals surface area contributed by atoms with E-state index in [1.54, 1.807) is 0 Å². The Hall–Kier alpha value is -3.30. The Balaban J connectivity index is 1.51. The minimum absolute atomic E-state index is 0.907. The zero-order chi connectivity index (χ0) is 17.8. The predicted octanol–water partition coefficient (Wildman–Crippen LogP) is 7.70. The average Bonchev–Trinajstić information content (AvgIpc) is 3.26. The van der Waals surface area contributed by atoms with Crippen LogP contribution >= 0.6 is 11.3 Å². The predicted molar refractivity (Wildman–Crippen MR) is 116 cm³/mol. The van der Waals surface area contributed by atoms with Crippen molar-refractivity contribution in [2.75, 3.05) is 5.32 Å². The summed E-state index contributed by atoms with van der Waals surface area (Å²) in [5.41, 5.74) is 3.98. The van der Waals surface area contributed by atoms with Crippen LogP contribution in [0.3, 0.4) is 0 Å². The van der Waals surface area contributed by atoms with E-state index in [2.05, 4.69) is 66.0 Å². The first kappa shape index (κ1) is 14.8. The Kier molecular flexibility index (Phi) is 3.07. The van der Waals surface area contributed by atoms with Gasteiger partial charge in [-0.15, -0.1) is 11.3 Å². The van der Waals surface area contributed by atoms with E-state index >= 15 is 0 Å². The lowest BCUT2D eigenvalue weighted by Crippen LogP contribution is -1.90. The normalized spacial score (nSPS) is 11.7. The van der Waals surface area contributed by atoms with Crippen molar-refractivity contribution >= 4 is 64.8 Å². The van der Waals surface area contributed by atoms with Gasteiger partial charge >= 0.3 is 0 Å². The molecular weight excluding hydrogens is 350 g/mol. The van der Waals surface area contributed by atoms with Crippen LogP contribution in [0.4, 0.5) is 11.4 Å². The Morgan fingerprint density at radius 1 is 0.630 bits per heavy atom. The van der Waals surface area contributed by atoms with Crippen molar-refractivity contribution in [2.45, 2.75) is 0 Å². The molecule has 0 aliphatic heterocycles. The molecule has 2 aromatic heterocycles. The van der Waals surface area contributed by atoms with Crippen LogP contribution < -0.4 is 5.32 Å². The highest BCUT2D eigenvalue weighted by atomic mass is 32.1. The second-order valence-corrected chi connectivity index (χ2v) is 7.79. The summed E-state index contributed by atoms with van der Waals surface area (Å²) in [5, 5.41) is 8.51. The second-order valence-electron chi connectivity index (χ2n) is 6.71. The van der Waals surface area contributed by atoms with Gasteiger partial charge in [0.15, 0.2) is 0 Å². The molecule has 0 atom stereocenters. The third kappa shape index (κ3) is 2.25. The standard InChI is InChI=1S/C24H15NOS/c1-3-9-20-18(7-1)24-19(8-5-10-21(24)26-20)25-15-12-13-17-16-6-2-4-11-22(16)27-23(17)14-15/h1-14,25H. The molecule has 2 nitrogen and oxygen atoms in total. The van der Waals surface area contributed by atoms with Gasteiger partial charge in [-0.1, -0.05) is 48.5 Å². The third-order valence-electron chi connectivity index (χ3n) is 5.06. The van der Waals surface area contributed by atoms with Crippen LogP contribution in [0, 0.1) is 0 Å². The van der Waals surface area contributed by atoms with E-state index in [0.29, 0.717) is 0 Å². The molecule has 0 radical (unpaired) electrons. The average molecular weight is 365 g/mol. The summed E-state index contributed by atoms with van der Waals surface area (Å²) in [6, 6.07) is 29.5. The van der Waals surface area contributed by atoms with Crippen LogP contribution in [0.15, 0.2) is 89.3 Å². The lowest BCUT2D eigenvalue weighted by Gasteiger charge is -2.08. The van der Waals surface area contributed by atoms with E-state index in [9.17, 15) is 0 Å². The van der Waals surface area contributed by atoms with Gasteiger partial charge in [-0.3, -0.25) is 0 Å². The molecule has 128 valence electrons. The van der Waals surface area contributed by atoms with Crippen LogP contribution in [-0.4, -0.2) is 0 Å². The fraction of sp³-hybridized carbons (Fsp3) is 0. The first-order valence-corrected chi connectivity index (χ1v) is 9.77. The lowest BCUT2D eigenvalue weighted by atomic mass is 10.1. The molecule has 6 aromatic rings. The van der Waals surface area contributed by atoms with Crippen molar-refractivity contribution in [3.05, 3.63) is 84.9 Å². The van der Waals surface area contributed by atoms with Crippen molar-refractivity contribution in [2.24, 2.45) is 0 Å². The Bertz CT molecular complexity index is 1460. The van der Waals surface area contributed by atoms with Crippen molar-refractivity contribution in [3.8, 4) is 0 Å². The number of anilines is 2. The highest BCUT2D eigenvalue weighted by Gasteiger charge is 2.11. The fourth-order valence-electron chi connectivity index (χ4n) is 3.84. The molecule has 27 heavy (non-hydrogen) atoms. The second kappa shape index (κ2) is 5.60. The molecule has 1 N–H and O–H groups in total. The maximum Gasteiger partial charge on any atom is 0.137 e. The summed E-state index contributed by atoms with van der Waals surface area (Å²) in [6.07, 6.45) is 0. The molecule has 0 bridgehead atoms. The number of benzene rings is 4. The monoisotopic (exact) mass is 365 g/mol. The summed E-state index contributed by atoms with van der Waals surface area (Å²) in [4.78, 5) is 0. The van der Waals surface area contributed by atoms with E-state index < -0.39 is 0 Å². The molecular formula is C24H15NOS. The van der Waals surface area contributed by atoms with Gasteiger partial charge in [0.05, 0.1) is 11.1 Å². The number of hydrogen-bond donors (Lipinski definition) is 1. The van der Waals surface area contributed by atoms with Crippen LogP contribution in [0.2, 0.25) is 0 Å². The van der Waals surface area contributed by atoms with Crippen LogP contribution in [0.5, 0.6) is 0 Å². The Morgan fingerprint density at radius 2 is 1.41 bits per heavy atom. The van der Waals surface area contributed by atoms with Gasteiger partial charge in [-0.2, -0.15) is 0 Å². The third-order valence-corrected chi connectivity index (χ3v) is 6.19. The van der Waals surface area contributed by atoms with E-state index in [4.69, 9.17) is 4.42 Å². The van der Waals surface area contributed by atoms with Gasteiger partial charge in [0.2, 0.25) is 0 Å². The van der Waals surface area contributed by atoms with Gasteiger partial charge in [0, 0.05) is 31.2 Å². The number of rotatable bonds is 2. The van der Waals surface area contributed by atoms with Crippen LogP contribution in [0.1, 0.15) is 0 Å². The number of thiophene rings is 1. The van der Waals surface area contributed by atoms with E-state index in [0.717, 1.165) is 33.3 Å². The molecule has 4 aromatic carbocycles. The van der Waals surface area contributed by atoms with Crippen molar-refractivity contribution < 1.29 is 4.42 Å². The SMILES string of the molecule is c1ccc2c(c1)oc1cccc(Nc3ccc4c(c3)sc3ccccc34)c12. The van der Waals surface area contributed by atoms with Crippen LogP contribution in [-0.2, 0) is 0 Å².